The largest absolute Gasteiger partial charge is 0.339 e. The molecule has 1 aromatic heterocycles. The van der Waals surface area contributed by atoms with Gasteiger partial charge in [0.15, 0.2) is 0 Å². The van der Waals surface area contributed by atoms with Crippen molar-refractivity contribution in [1.82, 2.24) is 9.88 Å². The van der Waals surface area contributed by atoms with Crippen molar-refractivity contribution in [3.05, 3.63) is 30.1 Å². The summed E-state index contributed by atoms with van der Waals surface area (Å²) in [5.74, 6) is 0.187. The number of nitrogens with zero attached hydrogens (tertiary/aromatic N) is 2. The van der Waals surface area contributed by atoms with E-state index in [4.69, 9.17) is 5.73 Å². The number of rotatable bonds is 4. The van der Waals surface area contributed by atoms with E-state index in [1.54, 1.807) is 6.20 Å². The normalized spacial score (nSPS) is 19.8. The second-order valence-electron chi connectivity index (χ2n) is 4.81. The highest BCUT2D eigenvalue weighted by Crippen LogP contribution is 2.20. The van der Waals surface area contributed by atoms with Crippen LogP contribution in [0.3, 0.4) is 0 Å². The number of aromatic nitrogens is 1. The van der Waals surface area contributed by atoms with E-state index in [0.717, 1.165) is 31.5 Å². The van der Waals surface area contributed by atoms with Crippen molar-refractivity contribution in [2.24, 2.45) is 5.73 Å². The Kier molecular flexibility index (Phi) is 4.70. The second-order valence-corrected chi connectivity index (χ2v) is 4.81. The number of hydrogen-bond acceptors (Lipinski definition) is 3. The lowest BCUT2D eigenvalue weighted by atomic mass is 9.98. The quantitative estimate of drug-likeness (QED) is 0.873. The van der Waals surface area contributed by atoms with Gasteiger partial charge in [-0.25, -0.2) is 0 Å². The topological polar surface area (TPSA) is 59.2 Å². The molecule has 0 bridgehead atoms. The maximum atomic E-state index is 12.3. The van der Waals surface area contributed by atoms with E-state index in [0.29, 0.717) is 19.0 Å². The van der Waals surface area contributed by atoms with Crippen molar-refractivity contribution < 1.29 is 4.79 Å². The van der Waals surface area contributed by atoms with Crippen LogP contribution in [0.2, 0.25) is 0 Å². The molecule has 1 aliphatic rings. The molecule has 2 heterocycles. The van der Waals surface area contributed by atoms with Crippen LogP contribution in [0.15, 0.2) is 24.4 Å². The third-order valence-corrected chi connectivity index (χ3v) is 3.51. The summed E-state index contributed by atoms with van der Waals surface area (Å²) >= 11 is 0. The highest BCUT2D eigenvalue weighted by molar-refractivity contribution is 5.78. The van der Waals surface area contributed by atoms with Gasteiger partial charge in [-0.2, -0.15) is 0 Å². The van der Waals surface area contributed by atoms with Crippen molar-refractivity contribution in [2.45, 2.75) is 38.1 Å². The summed E-state index contributed by atoms with van der Waals surface area (Å²) in [4.78, 5) is 18.5. The van der Waals surface area contributed by atoms with Crippen molar-refractivity contribution in [3.63, 3.8) is 0 Å². The molecule has 0 spiro atoms. The first-order valence-corrected chi connectivity index (χ1v) is 6.70. The highest BCUT2D eigenvalue weighted by atomic mass is 16.2. The Morgan fingerprint density at radius 2 is 2.33 bits per heavy atom. The van der Waals surface area contributed by atoms with Gasteiger partial charge in [0.1, 0.15) is 0 Å². The molecule has 4 heteroatoms. The van der Waals surface area contributed by atoms with Crippen LogP contribution in [0.25, 0.3) is 0 Å². The van der Waals surface area contributed by atoms with E-state index in [1.165, 1.54) is 6.42 Å². The number of carbonyl (C=O) groups is 1. The summed E-state index contributed by atoms with van der Waals surface area (Å²) in [5.41, 5.74) is 6.47. The van der Waals surface area contributed by atoms with Crippen molar-refractivity contribution in [3.8, 4) is 0 Å². The Morgan fingerprint density at radius 1 is 1.44 bits per heavy atom. The van der Waals surface area contributed by atoms with E-state index >= 15 is 0 Å². The molecule has 2 rings (SSSR count). The van der Waals surface area contributed by atoms with Crippen molar-refractivity contribution in [2.75, 3.05) is 13.1 Å². The fourth-order valence-corrected chi connectivity index (χ4v) is 2.58. The van der Waals surface area contributed by atoms with Crippen LogP contribution in [-0.2, 0) is 11.2 Å². The lowest BCUT2D eigenvalue weighted by molar-refractivity contribution is -0.134. The number of nitrogens with two attached hydrogens (primary N) is 1. The lowest BCUT2D eigenvalue weighted by Crippen LogP contribution is -2.45. The molecule has 1 amide bonds. The summed E-state index contributed by atoms with van der Waals surface area (Å²) in [7, 11) is 0. The summed E-state index contributed by atoms with van der Waals surface area (Å²) in [6.45, 7) is 1.52. The van der Waals surface area contributed by atoms with Crippen LogP contribution in [0.5, 0.6) is 0 Å². The second kappa shape index (κ2) is 6.50. The van der Waals surface area contributed by atoms with E-state index in [1.807, 2.05) is 23.1 Å². The molecule has 18 heavy (non-hydrogen) atoms. The van der Waals surface area contributed by atoms with Gasteiger partial charge in [-0.1, -0.05) is 6.07 Å². The molecule has 1 atom stereocenters. The molecule has 1 unspecified atom stereocenters. The van der Waals surface area contributed by atoms with Crippen LogP contribution < -0.4 is 5.73 Å². The summed E-state index contributed by atoms with van der Waals surface area (Å²) in [6.07, 6.45) is 6.45. The molecule has 98 valence electrons. The molecule has 0 saturated carbocycles. The smallest absolute Gasteiger partial charge is 0.228 e. The molecular formula is C14H21N3O. The van der Waals surface area contributed by atoms with Gasteiger partial charge in [0.05, 0.1) is 6.42 Å². The Morgan fingerprint density at radius 3 is 3.06 bits per heavy atom. The standard InChI is InChI=1S/C14H21N3O/c15-8-7-13-6-2-4-10-17(13)14(18)11-12-5-1-3-9-16-12/h1,3,5,9,13H,2,4,6-8,10-11,15H2. The predicted octanol–water partition coefficient (Wildman–Crippen LogP) is 1.35. The number of carbonyl (C=O) groups excluding carboxylic acids is 1. The average molecular weight is 247 g/mol. The van der Waals surface area contributed by atoms with Gasteiger partial charge in [0.25, 0.3) is 0 Å². The first-order valence-electron chi connectivity index (χ1n) is 6.70. The van der Waals surface area contributed by atoms with Crippen molar-refractivity contribution in [1.29, 1.82) is 0 Å². The van der Waals surface area contributed by atoms with E-state index in [9.17, 15) is 4.79 Å². The molecule has 4 nitrogen and oxygen atoms in total. The first-order chi connectivity index (χ1) is 8.81. The molecule has 1 aliphatic heterocycles. The van der Waals surface area contributed by atoms with Gasteiger partial charge in [-0.3, -0.25) is 9.78 Å². The Balaban J connectivity index is 1.98. The van der Waals surface area contributed by atoms with Crippen LogP contribution in [0, 0.1) is 0 Å². The van der Waals surface area contributed by atoms with Crippen LogP contribution in [-0.4, -0.2) is 34.9 Å². The molecule has 0 aromatic carbocycles. The third kappa shape index (κ3) is 3.29. The SMILES string of the molecule is NCCC1CCCCN1C(=O)Cc1ccccn1. The van der Waals surface area contributed by atoms with Gasteiger partial charge in [-0.15, -0.1) is 0 Å². The molecule has 1 saturated heterocycles. The minimum absolute atomic E-state index is 0.187. The maximum Gasteiger partial charge on any atom is 0.228 e. The number of amides is 1. The Labute approximate surface area is 108 Å². The van der Waals surface area contributed by atoms with Crippen LogP contribution >= 0.6 is 0 Å². The zero-order valence-electron chi connectivity index (χ0n) is 10.7. The van der Waals surface area contributed by atoms with Crippen LogP contribution in [0.1, 0.15) is 31.4 Å². The molecule has 1 aromatic rings. The van der Waals surface area contributed by atoms with Gasteiger partial charge < -0.3 is 10.6 Å². The molecule has 0 radical (unpaired) electrons. The number of hydrogen-bond donors (Lipinski definition) is 1. The summed E-state index contributed by atoms with van der Waals surface area (Å²) in [6, 6.07) is 6.02. The minimum atomic E-state index is 0.187. The number of piperidine rings is 1. The maximum absolute atomic E-state index is 12.3. The first kappa shape index (κ1) is 13.0. The highest BCUT2D eigenvalue weighted by Gasteiger charge is 2.25. The van der Waals surface area contributed by atoms with E-state index in [-0.39, 0.29) is 5.91 Å². The Hall–Kier alpha value is -1.42. The zero-order valence-corrected chi connectivity index (χ0v) is 10.7. The van der Waals surface area contributed by atoms with E-state index < -0.39 is 0 Å². The zero-order chi connectivity index (χ0) is 12.8. The average Bonchev–Trinajstić information content (AvgIpc) is 2.41. The predicted molar refractivity (Wildman–Crippen MR) is 71.0 cm³/mol. The van der Waals surface area contributed by atoms with Gasteiger partial charge in [0, 0.05) is 24.5 Å². The molecule has 0 aliphatic carbocycles. The van der Waals surface area contributed by atoms with Gasteiger partial charge >= 0.3 is 0 Å². The molecular weight excluding hydrogens is 226 g/mol. The van der Waals surface area contributed by atoms with Crippen LogP contribution in [0.4, 0.5) is 0 Å². The van der Waals surface area contributed by atoms with Gasteiger partial charge in [-0.05, 0) is 44.4 Å². The van der Waals surface area contributed by atoms with Crippen molar-refractivity contribution >= 4 is 5.91 Å². The summed E-state index contributed by atoms with van der Waals surface area (Å²) < 4.78 is 0. The van der Waals surface area contributed by atoms with Gasteiger partial charge in [0.2, 0.25) is 5.91 Å². The molecule has 2 N–H and O–H groups in total. The minimum Gasteiger partial charge on any atom is -0.339 e. The number of likely N-dealkylation sites (tertiary alicyclic amines) is 1. The summed E-state index contributed by atoms with van der Waals surface area (Å²) in [5, 5.41) is 0. The molecule has 1 fully saturated rings. The van der Waals surface area contributed by atoms with E-state index in [2.05, 4.69) is 4.98 Å². The number of pyridine rings is 1. The fourth-order valence-electron chi connectivity index (χ4n) is 2.58. The Bertz CT molecular complexity index is 378. The monoisotopic (exact) mass is 247 g/mol. The lowest BCUT2D eigenvalue weighted by Gasteiger charge is -2.35. The third-order valence-electron chi connectivity index (χ3n) is 3.51. The fraction of sp³-hybridized carbons (Fsp3) is 0.571.